The van der Waals surface area contributed by atoms with Gasteiger partial charge in [-0.05, 0) is 76.4 Å². The van der Waals surface area contributed by atoms with Crippen molar-refractivity contribution < 1.29 is 40.5 Å². The molecule has 0 aliphatic heterocycles. The summed E-state index contributed by atoms with van der Waals surface area (Å²) in [5, 5.41) is 10.0. The number of nitrogens with zero attached hydrogens (tertiary/aromatic N) is 2. The van der Waals surface area contributed by atoms with E-state index in [0.717, 1.165) is 6.07 Å². The summed E-state index contributed by atoms with van der Waals surface area (Å²) in [6, 6.07) is 11.0. The molecule has 0 radical (unpaired) electrons. The van der Waals surface area contributed by atoms with Crippen LogP contribution in [0.2, 0.25) is 0 Å². The van der Waals surface area contributed by atoms with E-state index in [-0.39, 0.29) is 17.6 Å². The minimum Gasteiger partial charge on any atom is -0.466 e. The maximum absolute atomic E-state index is 14.9. The van der Waals surface area contributed by atoms with Crippen LogP contribution in [-0.2, 0) is 25.2 Å². The lowest BCUT2D eigenvalue weighted by Gasteiger charge is -2.14. The van der Waals surface area contributed by atoms with Crippen molar-refractivity contribution in [3.63, 3.8) is 0 Å². The fourth-order valence-electron chi connectivity index (χ4n) is 3.88. The van der Waals surface area contributed by atoms with Crippen molar-refractivity contribution in [3.8, 4) is 11.1 Å². The molecule has 0 spiro atoms. The van der Waals surface area contributed by atoms with E-state index in [1.807, 2.05) is 5.32 Å². The molecule has 10 nitrogen and oxygen atoms in total. The first-order chi connectivity index (χ1) is 22.0. The molecule has 1 aromatic heterocycles. The third-order valence-corrected chi connectivity index (χ3v) is 7.28. The van der Waals surface area contributed by atoms with Crippen molar-refractivity contribution in [3.05, 3.63) is 84.1 Å². The van der Waals surface area contributed by atoms with Crippen LogP contribution in [0.25, 0.3) is 11.1 Å². The maximum atomic E-state index is 14.9. The highest BCUT2D eigenvalue weighted by molar-refractivity contribution is 7.99. The summed E-state index contributed by atoms with van der Waals surface area (Å²) >= 11 is 0. The first-order valence-corrected chi connectivity index (χ1v) is 15.8. The Labute approximate surface area is 267 Å². The van der Waals surface area contributed by atoms with Crippen LogP contribution in [0.15, 0.2) is 71.8 Å². The van der Waals surface area contributed by atoms with Crippen LogP contribution in [0.1, 0.15) is 19.4 Å². The molecule has 2 amide bonds. The zero-order valence-corrected chi connectivity index (χ0v) is 26.4. The van der Waals surface area contributed by atoms with E-state index < -0.39 is 44.6 Å². The van der Waals surface area contributed by atoms with Gasteiger partial charge in [-0.3, -0.25) is 9.00 Å². The van der Waals surface area contributed by atoms with Crippen molar-refractivity contribution in [2.24, 2.45) is 0 Å². The third-order valence-electron chi connectivity index (χ3n) is 6.03. The number of alkyl halides is 3. The van der Waals surface area contributed by atoms with Crippen molar-refractivity contribution in [1.29, 1.82) is 0 Å². The minimum atomic E-state index is -4.74. The average molecular weight is 679 g/mol. The van der Waals surface area contributed by atoms with Crippen molar-refractivity contribution in [2.45, 2.75) is 24.9 Å². The number of hydrogen-bond acceptors (Lipinski definition) is 8. The second kappa shape index (κ2) is 15.4. The van der Waals surface area contributed by atoms with E-state index >= 15 is 0 Å². The molecule has 250 valence electrons. The fourth-order valence-corrected chi connectivity index (χ4v) is 4.62. The van der Waals surface area contributed by atoms with Gasteiger partial charge in [0, 0.05) is 42.6 Å². The van der Waals surface area contributed by atoms with Crippen molar-refractivity contribution in [2.75, 3.05) is 41.2 Å². The second-order valence-corrected chi connectivity index (χ2v) is 12.2. The second-order valence-electron chi connectivity index (χ2n) is 9.75. The lowest BCUT2D eigenvalue weighted by molar-refractivity contribution is -0.140. The molecule has 0 aliphatic carbocycles. The number of halogens is 5. The van der Waals surface area contributed by atoms with E-state index in [1.165, 1.54) is 31.5 Å². The zero-order chi connectivity index (χ0) is 34.9. The minimum absolute atomic E-state index is 0.208. The smallest absolute Gasteiger partial charge is 0.416 e. The molecule has 47 heavy (non-hydrogen) atoms. The number of rotatable bonds is 8. The van der Waals surface area contributed by atoms with E-state index in [4.69, 9.17) is 0 Å². The molecule has 0 fully saturated rings. The quantitative estimate of drug-likeness (QED) is 0.0878. The highest BCUT2D eigenvalue weighted by Crippen LogP contribution is 2.33. The number of carbonyl (C=O) groups excluding carboxylic acids is 2. The van der Waals surface area contributed by atoms with Gasteiger partial charge < -0.3 is 26.0 Å². The van der Waals surface area contributed by atoms with Crippen LogP contribution in [0.3, 0.4) is 0 Å². The van der Waals surface area contributed by atoms with Crippen LogP contribution in [0.5, 0.6) is 0 Å². The SMILES string of the molecule is C=S(C)(=O)c1cccc(Nc2ncc(-c3ccc(NC(=O)Nc4cc(C(F)(F)F)ccc4F)c(F)c3)c(NC)n2)c1.CCOC(C)=O. The fraction of sp³-hybridized carbons (Fsp3) is 0.194. The molecule has 0 saturated carbocycles. The molecule has 1 heterocycles. The van der Waals surface area contributed by atoms with Gasteiger partial charge in [0.05, 0.1) is 23.5 Å². The lowest BCUT2D eigenvalue weighted by Crippen LogP contribution is -2.21. The van der Waals surface area contributed by atoms with Gasteiger partial charge in [0.25, 0.3) is 0 Å². The Hall–Kier alpha value is -5.25. The van der Waals surface area contributed by atoms with Gasteiger partial charge in [-0.1, -0.05) is 12.1 Å². The van der Waals surface area contributed by atoms with Gasteiger partial charge in [0.2, 0.25) is 5.95 Å². The van der Waals surface area contributed by atoms with Gasteiger partial charge in [-0.25, -0.2) is 18.6 Å². The topological polar surface area (TPSA) is 134 Å². The number of urea groups is 1. The Morgan fingerprint density at radius 3 is 2.26 bits per heavy atom. The molecule has 4 aromatic rings. The van der Waals surface area contributed by atoms with Gasteiger partial charge in [-0.15, -0.1) is 0 Å². The number of nitrogens with one attached hydrogen (secondary N) is 4. The number of hydrogen-bond donors (Lipinski definition) is 4. The van der Waals surface area contributed by atoms with Gasteiger partial charge >= 0.3 is 18.2 Å². The summed E-state index contributed by atoms with van der Waals surface area (Å²) in [4.78, 5) is 31.3. The summed E-state index contributed by atoms with van der Waals surface area (Å²) in [7, 11) is -0.824. The van der Waals surface area contributed by atoms with Gasteiger partial charge in [0.1, 0.15) is 17.5 Å². The molecule has 1 atom stereocenters. The molecule has 0 aliphatic rings. The molecule has 3 aromatic carbocycles. The number of ether oxygens (including phenoxy) is 1. The van der Waals surface area contributed by atoms with Crippen LogP contribution in [-0.4, -0.2) is 52.0 Å². The zero-order valence-electron chi connectivity index (χ0n) is 25.6. The Bertz CT molecular complexity index is 1870. The van der Waals surface area contributed by atoms with Crippen LogP contribution in [0.4, 0.5) is 55.6 Å². The molecule has 1 unspecified atom stereocenters. The van der Waals surface area contributed by atoms with Crippen LogP contribution < -0.4 is 21.3 Å². The number of anilines is 5. The summed E-state index contributed by atoms with van der Waals surface area (Å²) in [5.41, 5.74) is -0.839. The van der Waals surface area contributed by atoms with Crippen LogP contribution >= 0.6 is 0 Å². The monoisotopic (exact) mass is 678 g/mol. The number of benzene rings is 3. The summed E-state index contributed by atoms with van der Waals surface area (Å²) < 4.78 is 84.2. The first-order valence-electron chi connectivity index (χ1n) is 13.6. The highest BCUT2D eigenvalue weighted by atomic mass is 32.2. The van der Waals surface area contributed by atoms with E-state index in [1.54, 1.807) is 38.2 Å². The highest BCUT2D eigenvalue weighted by Gasteiger charge is 2.31. The van der Waals surface area contributed by atoms with E-state index in [9.17, 15) is 35.8 Å². The molecule has 0 saturated heterocycles. The van der Waals surface area contributed by atoms with Crippen molar-refractivity contribution in [1.82, 2.24) is 9.97 Å². The third kappa shape index (κ3) is 10.4. The molecule has 0 bridgehead atoms. The molecule has 4 N–H and O–H groups in total. The molecular formula is C31H31F5N6O4S. The lowest BCUT2D eigenvalue weighted by atomic mass is 10.1. The Kier molecular flexibility index (Phi) is 11.8. The largest absolute Gasteiger partial charge is 0.466 e. The number of esters is 1. The summed E-state index contributed by atoms with van der Waals surface area (Å²) in [6.07, 6.45) is -1.77. The summed E-state index contributed by atoms with van der Waals surface area (Å²) in [6.45, 7) is 3.65. The Morgan fingerprint density at radius 1 is 0.979 bits per heavy atom. The Morgan fingerprint density at radius 2 is 1.68 bits per heavy atom. The average Bonchev–Trinajstić information content (AvgIpc) is 2.98. The maximum Gasteiger partial charge on any atom is 0.416 e. The predicted molar refractivity (Wildman–Crippen MR) is 173 cm³/mol. The standard InChI is InChI=1S/C27H23F5N6O2S.C4H8O2/c1-33-24-19(14-34-25(38-24)35-17-5-4-6-18(13-17)41(2,3)40)15-7-10-22(21(29)11-15)36-26(39)37-23-12-16(27(30,31)32)8-9-20(23)28;1-3-6-4(2)5/h4-14H,2H2,1,3H3,(H2,36,37,39)(H2,33,34,35,38);3H2,1-2H3. The van der Waals surface area contributed by atoms with E-state index in [0.29, 0.717) is 52.3 Å². The van der Waals surface area contributed by atoms with E-state index in [2.05, 4.69) is 36.5 Å². The Balaban J connectivity index is 0.000000913. The summed E-state index contributed by atoms with van der Waals surface area (Å²) in [5.74, 6) is 2.04. The number of aromatic nitrogens is 2. The van der Waals surface area contributed by atoms with Gasteiger partial charge in [-0.2, -0.15) is 18.2 Å². The number of carbonyl (C=O) groups is 2. The molecule has 4 rings (SSSR count). The first kappa shape index (κ1) is 36.2. The normalized spacial score (nSPS) is 12.1. The van der Waals surface area contributed by atoms with Gasteiger partial charge in [0.15, 0.2) is 0 Å². The molecular weight excluding hydrogens is 647 g/mol. The number of amides is 2. The molecule has 16 heteroatoms. The van der Waals surface area contributed by atoms with Crippen molar-refractivity contribution >= 4 is 56.2 Å². The van der Waals surface area contributed by atoms with Crippen LogP contribution in [0, 0.1) is 11.6 Å². The predicted octanol–water partition coefficient (Wildman–Crippen LogP) is 7.14.